The number of hydrogen-bond acceptors (Lipinski definition) is 4. The van der Waals surface area contributed by atoms with Gasteiger partial charge in [-0.15, -0.1) is 0 Å². The smallest absolute Gasteiger partial charge is 0.227 e. The monoisotopic (exact) mass is 494 g/mol. The Balaban J connectivity index is 1.53. The number of nitrogens with two attached hydrogens (primary N) is 1. The third-order valence-electron chi connectivity index (χ3n) is 6.68. The van der Waals surface area contributed by atoms with E-state index in [0.717, 1.165) is 27.8 Å². The highest BCUT2D eigenvalue weighted by Gasteiger charge is 2.39. The van der Waals surface area contributed by atoms with E-state index in [4.69, 9.17) is 15.6 Å². The van der Waals surface area contributed by atoms with Crippen molar-refractivity contribution in [2.75, 3.05) is 5.73 Å². The average Bonchev–Trinajstić information content (AvgIpc) is 3.47. The van der Waals surface area contributed by atoms with Crippen LogP contribution in [0.2, 0.25) is 0 Å². The van der Waals surface area contributed by atoms with Crippen molar-refractivity contribution >= 4 is 5.69 Å². The molecule has 0 fully saturated rings. The molecule has 2 aromatic heterocycles. The maximum atomic E-state index is 6.16. The minimum absolute atomic E-state index is 0.501. The lowest BCUT2D eigenvalue weighted by Gasteiger charge is -2.36. The fourth-order valence-electron chi connectivity index (χ4n) is 4.92. The minimum Gasteiger partial charge on any atom is -0.438 e. The first-order chi connectivity index (χ1) is 18.7. The molecular formula is C33H26N4O. The van der Waals surface area contributed by atoms with Crippen LogP contribution in [-0.4, -0.2) is 14.8 Å². The Morgan fingerprint density at radius 2 is 1.18 bits per heavy atom. The van der Waals surface area contributed by atoms with Gasteiger partial charge >= 0.3 is 0 Å². The molecule has 0 amide bonds. The van der Waals surface area contributed by atoms with Crippen molar-refractivity contribution < 1.29 is 4.74 Å². The molecule has 0 atom stereocenters. The molecule has 5 nitrogen and oxygen atoms in total. The zero-order chi connectivity index (χ0) is 25.8. The van der Waals surface area contributed by atoms with Crippen molar-refractivity contribution in [3.8, 4) is 22.8 Å². The molecule has 6 rings (SSSR count). The maximum absolute atomic E-state index is 6.16. The van der Waals surface area contributed by atoms with E-state index < -0.39 is 5.54 Å². The maximum Gasteiger partial charge on any atom is 0.227 e. The van der Waals surface area contributed by atoms with Gasteiger partial charge in [0.05, 0.1) is 6.20 Å². The van der Waals surface area contributed by atoms with E-state index in [9.17, 15) is 0 Å². The molecule has 5 heteroatoms. The zero-order valence-corrected chi connectivity index (χ0v) is 20.7. The first-order valence-electron chi connectivity index (χ1n) is 12.5. The van der Waals surface area contributed by atoms with Gasteiger partial charge in [0.25, 0.3) is 0 Å². The summed E-state index contributed by atoms with van der Waals surface area (Å²) < 4.78 is 8.21. The molecule has 2 heterocycles. The van der Waals surface area contributed by atoms with Crippen LogP contribution in [0.1, 0.15) is 16.7 Å². The van der Waals surface area contributed by atoms with Gasteiger partial charge in [0, 0.05) is 29.2 Å². The van der Waals surface area contributed by atoms with Crippen molar-refractivity contribution in [2.45, 2.75) is 5.54 Å². The van der Waals surface area contributed by atoms with E-state index >= 15 is 0 Å². The highest BCUT2D eigenvalue weighted by Crippen LogP contribution is 2.41. The normalized spacial score (nSPS) is 11.3. The second-order valence-corrected chi connectivity index (χ2v) is 9.01. The summed E-state index contributed by atoms with van der Waals surface area (Å²) in [5.74, 6) is 1.17. The summed E-state index contributed by atoms with van der Waals surface area (Å²) >= 11 is 0. The van der Waals surface area contributed by atoms with Crippen molar-refractivity contribution in [3.63, 3.8) is 0 Å². The van der Waals surface area contributed by atoms with Gasteiger partial charge in [0.15, 0.2) is 0 Å². The first kappa shape index (κ1) is 23.3. The van der Waals surface area contributed by atoms with E-state index in [1.54, 1.807) is 6.20 Å². The number of ether oxygens (including phenoxy) is 1. The van der Waals surface area contributed by atoms with Crippen LogP contribution in [0.4, 0.5) is 5.69 Å². The van der Waals surface area contributed by atoms with Gasteiger partial charge < -0.3 is 10.5 Å². The average molecular weight is 495 g/mol. The van der Waals surface area contributed by atoms with Gasteiger partial charge in [-0.25, -0.2) is 4.98 Å². The lowest BCUT2D eigenvalue weighted by Crippen LogP contribution is -2.38. The molecule has 0 aliphatic carbocycles. The molecule has 0 aliphatic heterocycles. The van der Waals surface area contributed by atoms with Crippen LogP contribution in [0.5, 0.6) is 11.6 Å². The van der Waals surface area contributed by atoms with Crippen molar-refractivity contribution in [3.05, 3.63) is 163 Å². The van der Waals surface area contributed by atoms with Crippen LogP contribution in [-0.2, 0) is 5.54 Å². The lowest BCUT2D eigenvalue weighted by atomic mass is 9.77. The van der Waals surface area contributed by atoms with Gasteiger partial charge in [0.2, 0.25) is 5.88 Å². The van der Waals surface area contributed by atoms with Crippen LogP contribution < -0.4 is 10.5 Å². The molecule has 0 bridgehead atoms. The van der Waals surface area contributed by atoms with Gasteiger partial charge in [-0.2, -0.15) is 5.10 Å². The van der Waals surface area contributed by atoms with E-state index in [1.165, 1.54) is 0 Å². The van der Waals surface area contributed by atoms with E-state index in [-0.39, 0.29) is 0 Å². The van der Waals surface area contributed by atoms with Crippen LogP contribution in [0.3, 0.4) is 0 Å². The van der Waals surface area contributed by atoms with E-state index in [2.05, 4.69) is 84.0 Å². The van der Waals surface area contributed by atoms with Gasteiger partial charge in [-0.05, 0) is 53.1 Å². The predicted molar refractivity (Wildman–Crippen MR) is 151 cm³/mol. The van der Waals surface area contributed by atoms with Crippen molar-refractivity contribution in [1.82, 2.24) is 14.8 Å². The number of hydrogen-bond donors (Lipinski definition) is 1. The molecule has 38 heavy (non-hydrogen) atoms. The minimum atomic E-state index is -0.692. The summed E-state index contributed by atoms with van der Waals surface area (Å²) in [5, 5.41) is 4.97. The molecular weight excluding hydrogens is 468 g/mol. The topological polar surface area (TPSA) is 66.0 Å². The molecule has 0 aliphatic rings. The molecule has 184 valence electrons. The summed E-state index contributed by atoms with van der Waals surface area (Å²) in [7, 11) is 0. The Labute approximate surface area is 221 Å². The van der Waals surface area contributed by atoms with Crippen molar-refractivity contribution in [2.24, 2.45) is 0 Å². The standard InChI is InChI=1S/C33H26N4O/c34-29-18-20-30(21-19-29)38-32-31(17-10-22-35-32)25-23-36-37(24-25)33(26-11-4-1-5-12-26,27-13-6-2-7-14-27)28-15-8-3-9-16-28/h1-24H,34H2. The Hall–Kier alpha value is -5.16. The van der Waals surface area contributed by atoms with Gasteiger partial charge in [-0.3, -0.25) is 4.68 Å². The second kappa shape index (κ2) is 10.1. The number of benzene rings is 4. The van der Waals surface area contributed by atoms with Gasteiger partial charge in [-0.1, -0.05) is 91.0 Å². The molecule has 2 N–H and O–H groups in total. The number of nitrogens with zero attached hydrogens (tertiary/aromatic N) is 3. The summed E-state index contributed by atoms with van der Waals surface area (Å²) in [4.78, 5) is 4.53. The van der Waals surface area contributed by atoms with E-state index in [1.807, 2.05) is 65.5 Å². The molecule has 6 aromatic rings. The van der Waals surface area contributed by atoms with Gasteiger partial charge in [0.1, 0.15) is 11.3 Å². The number of pyridine rings is 1. The molecule has 0 spiro atoms. The molecule has 0 radical (unpaired) electrons. The largest absolute Gasteiger partial charge is 0.438 e. The Morgan fingerprint density at radius 3 is 1.74 bits per heavy atom. The summed E-state index contributed by atoms with van der Waals surface area (Å²) in [6.07, 6.45) is 5.67. The van der Waals surface area contributed by atoms with Crippen LogP contribution >= 0.6 is 0 Å². The predicted octanol–water partition coefficient (Wildman–Crippen LogP) is 7.16. The fourth-order valence-corrected chi connectivity index (χ4v) is 4.92. The van der Waals surface area contributed by atoms with Crippen LogP contribution in [0.15, 0.2) is 146 Å². The highest BCUT2D eigenvalue weighted by atomic mass is 16.5. The lowest BCUT2D eigenvalue weighted by molar-refractivity contribution is 0.459. The fraction of sp³-hybridized carbons (Fsp3) is 0.0303. The summed E-state index contributed by atoms with van der Waals surface area (Å²) in [6.45, 7) is 0. The first-order valence-corrected chi connectivity index (χ1v) is 12.5. The molecule has 0 saturated carbocycles. The van der Waals surface area contributed by atoms with Crippen LogP contribution in [0.25, 0.3) is 11.1 Å². The number of nitrogen functional groups attached to an aromatic ring is 1. The summed E-state index contributed by atoms with van der Waals surface area (Å²) in [5.41, 5.74) is 10.9. The zero-order valence-electron chi connectivity index (χ0n) is 20.7. The summed E-state index contributed by atoms with van der Waals surface area (Å²) in [6, 6.07) is 42.6. The Bertz CT molecular complexity index is 1530. The molecule has 0 saturated heterocycles. The quantitative estimate of drug-likeness (QED) is 0.189. The SMILES string of the molecule is Nc1ccc(Oc2ncccc2-c2cnn(C(c3ccccc3)(c3ccccc3)c3ccccc3)c2)cc1. The molecule has 4 aromatic carbocycles. The second-order valence-electron chi connectivity index (χ2n) is 9.01. The van der Waals surface area contributed by atoms with Crippen LogP contribution in [0, 0.1) is 0 Å². The number of rotatable bonds is 7. The van der Waals surface area contributed by atoms with Crippen molar-refractivity contribution in [1.29, 1.82) is 0 Å². The Kier molecular flexibility index (Phi) is 6.16. The number of anilines is 1. The Morgan fingerprint density at radius 1 is 0.632 bits per heavy atom. The van der Waals surface area contributed by atoms with E-state index in [0.29, 0.717) is 17.3 Å². The third-order valence-corrected chi connectivity index (χ3v) is 6.68. The third kappa shape index (κ3) is 4.20. The highest BCUT2D eigenvalue weighted by molar-refractivity contribution is 5.68. The number of aromatic nitrogens is 3. The molecule has 0 unspecified atom stereocenters.